The van der Waals surface area contributed by atoms with Gasteiger partial charge in [0.25, 0.3) is 5.91 Å². The average Bonchev–Trinajstić information content (AvgIpc) is 3.27. The van der Waals surface area contributed by atoms with E-state index in [2.05, 4.69) is 17.1 Å². The molecule has 1 atom stereocenters. The molecule has 0 unspecified atom stereocenters. The van der Waals surface area contributed by atoms with Gasteiger partial charge in [-0.3, -0.25) is 4.79 Å². The van der Waals surface area contributed by atoms with Gasteiger partial charge in [-0.2, -0.15) is 0 Å². The van der Waals surface area contributed by atoms with Gasteiger partial charge in [-0.05, 0) is 47.2 Å². The molecule has 0 spiro atoms. The molecule has 5 heteroatoms. The molecule has 3 N–H and O–H groups in total. The van der Waals surface area contributed by atoms with Crippen LogP contribution < -0.4 is 0 Å². The molecule has 25 heavy (non-hydrogen) atoms. The molecule has 128 valence electrons. The van der Waals surface area contributed by atoms with Crippen molar-refractivity contribution in [3.63, 3.8) is 0 Å². The fourth-order valence-corrected chi connectivity index (χ4v) is 3.40. The van der Waals surface area contributed by atoms with Gasteiger partial charge in [-0.15, -0.1) is 0 Å². The minimum absolute atomic E-state index is 0.118. The Morgan fingerprint density at radius 3 is 2.80 bits per heavy atom. The summed E-state index contributed by atoms with van der Waals surface area (Å²) in [6, 6.07) is 15.7. The number of hydrogen-bond acceptors (Lipinski definition) is 3. The van der Waals surface area contributed by atoms with Gasteiger partial charge in [-0.25, -0.2) is 0 Å². The SMILES string of the molecule is O=C(c1cccc(-c2ccc3cc[nH]c3c2)c1)N1CC[C@](O)(CO)C1. The molecule has 2 heterocycles. The largest absolute Gasteiger partial charge is 0.393 e. The number of fused-ring (bicyclic) bond motifs is 1. The molecule has 0 bridgehead atoms. The third-order valence-corrected chi connectivity index (χ3v) is 4.91. The normalized spacial score (nSPS) is 20.3. The maximum Gasteiger partial charge on any atom is 0.253 e. The Kier molecular flexibility index (Phi) is 3.82. The minimum Gasteiger partial charge on any atom is -0.393 e. The number of benzene rings is 2. The lowest BCUT2D eigenvalue weighted by molar-refractivity contribution is -0.00455. The highest BCUT2D eigenvalue weighted by atomic mass is 16.3. The van der Waals surface area contributed by atoms with Crippen molar-refractivity contribution in [2.45, 2.75) is 12.0 Å². The highest BCUT2D eigenvalue weighted by Gasteiger charge is 2.37. The predicted molar refractivity (Wildman–Crippen MR) is 96.3 cm³/mol. The van der Waals surface area contributed by atoms with Gasteiger partial charge < -0.3 is 20.1 Å². The van der Waals surface area contributed by atoms with Crippen LogP contribution in [0.15, 0.2) is 54.7 Å². The number of aliphatic hydroxyl groups excluding tert-OH is 1. The molecule has 0 radical (unpaired) electrons. The summed E-state index contributed by atoms with van der Waals surface area (Å²) in [4.78, 5) is 17.5. The lowest BCUT2D eigenvalue weighted by atomic mass is 10.0. The van der Waals surface area contributed by atoms with E-state index in [-0.39, 0.29) is 19.1 Å². The maximum absolute atomic E-state index is 12.7. The van der Waals surface area contributed by atoms with Crippen LogP contribution >= 0.6 is 0 Å². The van der Waals surface area contributed by atoms with E-state index in [1.54, 1.807) is 11.0 Å². The van der Waals surface area contributed by atoms with Crippen molar-refractivity contribution in [1.82, 2.24) is 9.88 Å². The fourth-order valence-electron chi connectivity index (χ4n) is 3.40. The molecule has 2 aromatic carbocycles. The van der Waals surface area contributed by atoms with E-state index in [1.807, 2.05) is 36.5 Å². The summed E-state index contributed by atoms with van der Waals surface area (Å²) in [5.74, 6) is -0.118. The third-order valence-electron chi connectivity index (χ3n) is 4.91. The van der Waals surface area contributed by atoms with Gasteiger partial charge in [0, 0.05) is 23.8 Å². The van der Waals surface area contributed by atoms with E-state index in [0.29, 0.717) is 18.5 Å². The topological polar surface area (TPSA) is 76.6 Å². The molecule has 1 fully saturated rings. The van der Waals surface area contributed by atoms with Crippen molar-refractivity contribution in [1.29, 1.82) is 0 Å². The number of aliphatic hydroxyl groups is 2. The number of carbonyl (C=O) groups excluding carboxylic acids is 1. The third kappa shape index (κ3) is 2.92. The monoisotopic (exact) mass is 336 g/mol. The smallest absolute Gasteiger partial charge is 0.253 e. The van der Waals surface area contributed by atoms with E-state index in [0.717, 1.165) is 22.0 Å². The van der Waals surface area contributed by atoms with Crippen molar-refractivity contribution >= 4 is 16.8 Å². The molecule has 3 aromatic rings. The number of aromatic amines is 1. The number of rotatable bonds is 3. The summed E-state index contributed by atoms with van der Waals surface area (Å²) in [5.41, 5.74) is 2.48. The molecule has 1 saturated heterocycles. The minimum atomic E-state index is -1.17. The predicted octanol–water partition coefficient (Wildman–Crippen LogP) is 2.40. The number of carbonyl (C=O) groups is 1. The number of nitrogens with one attached hydrogen (secondary N) is 1. The number of amides is 1. The van der Waals surface area contributed by atoms with Gasteiger partial charge in [0.15, 0.2) is 0 Å². The highest BCUT2D eigenvalue weighted by Crippen LogP contribution is 2.27. The Balaban J connectivity index is 1.62. The molecule has 4 rings (SSSR count). The first-order chi connectivity index (χ1) is 12.1. The van der Waals surface area contributed by atoms with Gasteiger partial charge in [0.1, 0.15) is 5.60 Å². The summed E-state index contributed by atoms with van der Waals surface area (Å²) in [7, 11) is 0. The van der Waals surface area contributed by atoms with Crippen molar-refractivity contribution in [2.24, 2.45) is 0 Å². The van der Waals surface area contributed by atoms with Crippen LogP contribution in [-0.4, -0.2) is 51.3 Å². The fraction of sp³-hybridized carbons (Fsp3) is 0.250. The van der Waals surface area contributed by atoms with Crippen molar-refractivity contribution in [3.8, 4) is 11.1 Å². The molecule has 5 nitrogen and oxygen atoms in total. The lowest BCUT2D eigenvalue weighted by Crippen LogP contribution is -2.38. The Morgan fingerprint density at radius 1 is 1.16 bits per heavy atom. The molecule has 0 saturated carbocycles. The van der Waals surface area contributed by atoms with Crippen LogP contribution in [0, 0.1) is 0 Å². The van der Waals surface area contributed by atoms with E-state index in [4.69, 9.17) is 0 Å². The lowest BCUT2D eigenvalue weighted by Gasteiger charge is -2.21. The Labute approximate surface area is 145 Å². The first-order valence-corrected chi connectivity index (χ1v) is 8.38. The van der Waals surface area contributed by atoms with Crippen LogP contribution in [0.4, 0.5) is 0 Å². The second-order valence-corrected chi connectivity index (χ2v) is 6.72. The maximum atomic E-state index is 12.7. The second-order valence-electron chi connectivity index (χ2n) is 6.72. The summed E-state index contributed by atoms with van der Waals surface area (Å²) in [5, 5.41) is 20.5. The summed E-state index contributed by atoms with van der Waals surface area (Å²) in [6.45, 7) is 0.294. The van der Waals surface area contributed by atoms with Gasteiger partial charge in [0.05, 0.1) is 13.2 Å². The summed E-state index contributed by atoms with van der Waals surface area (Å²) < 4.78 is 0. The molecule has 1 aliphatic rings. The van der Waals surface area contributed by atoms with E-state index in [9.17, 15) is 15.0 Å². The van der Waals surface area contributed by atoms with Crippen LogP contribution in [0.25, 0.3) is 22.0 Å². The quantitative estimate of drug-likeness (QED) is 0.687. The summed E-state index contributed by atoms with van der Waals surface area (Å²) in [6.07, 6.45) is 2.31. The molecule has 1 aromatic heterocycles. The van der Waals surface area contributed by atoms with E-state index >= 15 is 0 Å². The van der Waals surface area contributed by atoms with E-state index in [1.165, 1.54) is 0 Å². The van der Waals surface area contributed by atoms with E-state index < -0.39 is 5.60 Å². The van der Waals surface area contributed by atoms with Crippen LogP contribution in [0.2, 0.25) is 0 Å². The van der Waals surface area contributed by atoms with Crippen LogP contribution in [0.1, 0.15) is 16.8 Å². The molecule has 1 amide bonds. The zero-order chi connectivity index (χ0) is 17.4. The molecule has 0 aliphatic carbocycles. The van der Waals surface area contributed by atoms with Gasteiger partial charge >= 0.3 is 0 Å². The standard InChI is InChI=1S/C20H20N2O3/c23-13-20(25)7-9-22(12-20)19(24)17-3-1-2-15(10-17)16-5-4-14-6-8-21-18(14)11-16/h1-6,8,10-11,21,23,25H,7,9,12-13H2/t20-/m1/s1. The van der Waals surface area contributed by atoms with Crippen molar-refractivity contribution in [3.05, 3.63) is 60.3 Å². The first-order valence-electron chi connectivity index (χ1n) is 8.38. The van der Waals surface area contributed by atoms with Crippen LogP contribution in [-0.2, 0) is 0 Å². The van der Waals surface area contributed by atoms with Crippen LogP contribution in [0.5, 0.6) is 0 Å². The Hall–Kier alpha value is -2.63. The Bertz CT molecular complexity index is 933. The number of H-pyrrole nitrogens is 1. The first kappa shape index (κ1) is 15.9. The Morgan fingerprint density at radius 2 is 2.00 bits per heavy atom. The average molecular weight is 336 g/mol. The number of hydrogen-bond donors (Lipinski definition) is 3. The van der Waals surface area contributed by atoms with Gasteiger partial charge in [0.2, 0.25) is 0 Å². The van der Waals surface area contributed by atoms with Gasteiger partial charge in [-0.1, -0.05) is 24.3 Å². The second kappa shape index (κ2) is 6.02. The zero-order valence-corrected chi connectivity index (χ0v) is 13.8. The number of β-amino-alcohol motifs (C(OH)–C–C–N with tert-alkyl or cyclic N) is 1. The summed E-state index contributed by atoms with van der Waals surface area (Å²) >= 11 is 0. The number of likely N-dealkylation sites (tertiary alicyclic amines) is 1. The molecular weight excluding hydrogens is 316 g/mol. The number of nitrogens with zero attached hydrogens (tertiary/aromatic N) is 1. The van der Waals surface area contributed by atoms with Crippen LogP contribution in [0.3, 0.4) is 0 Å². The number of aromatic nitrogens is 1. The zero-order valence-electron chi connectivity index (χ0n) is 13.8. The highest BCUT2D eigenvalue weighted by molar-refractivity contribution is 5.96. The van der Waals surface area contributed by atoms with Crippen molar-refractivity contribution in [2.75, 3.05) is 19.7 Å². The van der Waals surface area contributed by atoms with Crippen molar-refractivity contribution < 1.29 is 15.0 Å². The molecular formula is C20H20N2O3. The molecule has 1 aliphatic heterocycles.